The van der Waals surface area contributed by atoms with E-state index < -0.39 is 15.4 Å². The minimum absolute atomic E-state index is 0.0579. The normalized spacial score (nSPS) is 35.4. The van der Waals surface area contributed by atoms with Crippen molar-refractivity contribution in [1.29, 1.82) is 0 Å². The molecule has 1 aliphatic heterocycles. The van der Waals surface area contributed by atoms with E-state index in [0.717, 1.165) is 0 Å². The standard InChI is InChI=1S/C2H3BrO4S/c3-2-1-6-8(4,5)7-2/h2H,1H2. The number of hydrogen-bond donors (Lipinski definition) is 0. The molecule has 1 unspecified atom stereocenters. The third-order valence-corrected chi connectivity index (χ3v) is 2.16. The summed E-state index contributed by atoms with van der Waals surface area (Å²) in [6.45, 7) is 0.0579. The molecule has 8 heavy (non-hydrogen) atoms. The molecule has 4 nitrogen and oxygen atoms in total. The Morgan fingerprint density at radius 3 is 2.38 bits per heavy atom. The van der Waals surface area contributed by atoms with Gasteiger partial charge in [0.2, 0.25) is 0 Å². The van der Waals surface area contributed by atoms with E-state index in [1.807, 2.05) is 0 Å². The van der Waals surface area contributed by atoms with Gasteiger partial charge in [-0.2, -0.15) is 8.42 Å². The van der Waals surface area contributed by atoms with E-state index in [0.29, 0.717) is 0 Å². The minimum atomic E-state index is -3.64. The van der Waals surface area contributed by atoms with Crippen LogP contribution in [0.4, 0.5) is 0 Å². The third-order valence-electron chi connectivity index (χ3n) is 0.566. The molecule has 1 rings (SSSR count). The van der Waals surface area contributed by atoms with Crippen LogP contribution in [0.5, 0.6) is 0 Å². The molecule has 1 fully saturated rings. The van der Waals surface area contributed by atoms with Gasteiger partial charge in [-0.3, -0.25) is 0 Å². The zero-order chi connectivity index (χ0) is 6.20. The van der Waals surface area contributed by atoms with Crippen LogP contribution in [0.2, 0.25) is 0 Å². The average molecular weight is 203 g/mol. The van der Waals surface area contributed by atoms with Crippen LogP contribution in [0.25, 0.3) is 0 Å². The summed E-state index contributed by atoms with van der Waals surface area (Å²) in [6, 6.07) is 0. The lowest BCUT2D eigenvalue weighted by Crippen LogP contribution is -1.98. The van der Waals surface area contributed by atoms with E-state index in [4.69, 9.17) is 0 Å². The Balaban J connectivity index is 2.71. The Kier molecular flexibility index (Phi) is 1.57. The fraction of sp³-hybridized carbons (Fsp3) is 1.00. The zero-order valence-electron chi connectivity index (χ0n) is 3.70. The van der Waals surface area contributed by atoms with E-state index in [-0.39, 0.29) is 6.61 Å². The number of halogens is 1. The van der Waals surface area contributed by atoms with Gasteiger partial charge in [0, 0.05) is 0 Å². The maximum Gasteiger partial charge on any atom is 0.401 e. The Bertz CT molecular complexity index is 172. The number of rotatable bonds is 0. The molecule has 0 bridgehead atoms. The molecule has 6 heteroatoms. The minimum Gasteiger partial charge on any atom is -0.244 e. The van der Waals surface area contributed by atoms with Crippen molar-refractivity contribution < 1.29 is 16.8 Å². The maximum absolute atomic E-state index is 10.2. The lowest BCUT2D eigenvalue weighted by Gasteiger charge is -1.87. The van der Waals surface area contributed by atoms with Crippen molar-refractivity contribution in [3.8, 4) is 0 Å². The molecule has 0 aliphatic carbocycles. The number of alkyl halides is 1. The molecule has 0 aromatic carbocycles. The average Bonchev–Trinajstić information content (AvgIpc) is 1.82. The van der Waals surface area contributed by atoms with Gasteiger partial charge in [0.1, 0.15) is 6.61 Å². The van der Waals surface area contributed by atoms with Crippen molar-refractivity contribution in [2.24, 2.45) is 0 Å². The van der Waals surface area contributed by atoms with Gasteiger partial charge in [0.25, 0.3) is 0 Å². The topological polar surface area (TPSA) is 52.6 Å². The molecule has 0 radical (unpaired) electrons. The summed E-state index contributed by atoms with van der Waals surface area (Å²) in [4.78, 5) is 0. The predicted octanol–water partition coefficient (Wildman–Crippen LogP) is -0.00100. The summed E-state index contributed by atoms with van der Waals surface area (Å²) >= 11 is 2.89. The summed E-state index contributed by atoms with van der Waals surface area (Å²) in [5, 5.41) is -0.507. The van der Waals surface area contributed by atoms with Crippen LogP contribution in [0, 0.1) is 0 Å². The van der Waals surface area contributed by atoms with Crippen molar-refractivity contribution in [3.05, 3.63) is 0 Å². The van der Waals surface area contributed by atoms with Gasteiger partial charge in [-0.25, -0.2) is 8.37 Å². The summed E-state index contributed by atoms with van der Waals surface area (Å²) < 4.78 is 28.7. The lowest BCUT2D eigenvalue weighted by atomic mass is 10.8. The summed E-state index contributed by atoms with van der Waals surface area (Å²) in [7, 11) is -3.64. The second-order valence-electron chi connectivity index (χ2n) is 1.20. The van der Waals surface area contributed by atoms with Gasteiger partial charge in [-0.05, 0) is 0 Å². The first kappa shape index (κ1) is 6.47. The Labute approximate surface area is 55.2 Å². The fourth-order valence-corrected chi connectivity index (χ4v) is 1.85. The van der Waals surface area contributed by atoms with Crippen molar-refractivity contribution in [3.63, 3.8) is 0 Å². The molecule has 1 heterocycles. The van der Waals surface area contributed by atoms with Crippen LogP contribution in [0.15, 0.2) is 0 Å². The van der Waals surface area contributed by atoms with Crippen molar-refractivity contribution >= 4 is 26.3 Å². The van der Waals surface area contributed by atoms with E-state index in [9.17, 15) is 8.42 Å². The van der Waals surface area contributed by atoms with Gasteiger partial charge in [-0.15, -0.1) is 0 Å². The molecular formula is C2H3BrO4S. The highest BCUT2D eigenvalue weighted by Gasteiger charge is 2.27. The van der Waals surface area contributed by atoms with Crippen LogP contribution in [0.3, 0.4) is 0 Å². The molecule has 48 valence electrons. The zero-order valence-corrected chi connectivity index (χ0v) is 6.11. The van der Waals surface area contributed by atoms with Crippen LogP contribution < -0.4 is 0 Å². The van der Waals surface area contributed by atoms with Crippen LogP contribution in [-0.4, -0.2) is 20.0 Å². The second kappa shape index (κ2) is 1.94. The predicted molar refractivity (Wildman–Crippen MR) is 28.7 cm³/mol. The van der Waals surface area contributed by atoms with Crippen molar-refractivity contribution in [2.45, 2.75) is 5.01 Å². The first-order chi connectivity index (χ1) is 3.60. The van der Waals surface area contributed by atoms with Crippen molar-refractivity contribution in [1.82, 2.24) is 0 Å². The molecule has 1 atom stereocenters. The van der Waals surface area contributed by atoms with Gasteiger partial charge in [0.05, 0.1) is 0 Å². The van der Waals surface area contributed by atoms with Crippen LogP contribution >= 0.6 is 15.9 Å². The maximum atomic E-state index is 10.2. The molecule has 0 amide bonds. The quantitative estimate of drug-likeness (QED) is 0.520. The van der Waals surface area contributed by atoms with Gasteiger partial charge in [-0.1, -0.05) is 15.9 Å². The van der Waals surface area contributed by atoms with E-state index in [2.05, 4.69) is 24.3 Å². The van der Waals surface area contributed by atoms with E-state index in [1.165, 1.54) is 0 Å². The molecule has 0 N–H and O–H groups in total. The Hall–Kier alpha value is 0.350. The van der Waals surface area contributed by atoms with Gasteiger partial charge in [0.15, 0.2) is 5.01 Å². The molecular weight excluding hydrogens is 200 g/mol. The van der Waals surface area contributed by atoms with E-state index in [1.54, 1.807) is 0 Å². The lowest BCUT2D eigenvalue weighted by molar-refractivity contribution is 0.336. The van der Waals surface area contributed by atoms with Gasteiger partial charge < -0.3 is 0 Å². The third kappa shape index (κ3) is 1.41. The monoisotopic (exact) mass is 202 g/mol. The molecule has 0 saturated carbocycles. The first-order valence-electron chi connectivity index (χ1n) is 1.82. The summed E-state index contributed by atoms with van der Waals surface area (Å²) in [5.74, 6) is 0. The fourth-order valence-electron chi connectivity index (χ4n) is 0.320. The highest BCUT2D eigenvalue weighted by molar-refractivity contribution is 9.09. The Morgan fingerprint density at radius 1 is 1.62 bits per heavy atom. The highest BCUT2D eigenvalue weighted by atomic mass is 79.9. The van der Waals surface area contributed by atoms with Crippen molar-refractivity contribution in [2.75, 3.05) is 6.61 Å². The van der Waals surface area contributed by atoms with Crippen LogP contribution in [0.1, 0.15) is 0 Å². The SMILES string of the molecule is O=S1(=O)OCC(Br)O1. The van der Waals surface area contributed by atoms with E-state index >= 15 is 0 Å². The largest absolute Gasteiger partial charge is 0.401 e. The number of hydrogen-bond acceptors (Lipinski definition) is 4. The second-order valence-corrected chi connectivity index (χ2v) is 3.47. The molecule has 1 aliphatic rings. The first-order valence-corrected chi connectivity index (χ1v) is 4.07. The molecule has 0 spiro atoms. The molecule has 0 aromatic rings. The molecule has 0 aromatic heterocycles. The smallest absolute Gasteiger partial charge is 0.244 e. The van der Waals surface area contributed by atoms with Gasteiger partial charge >= 0.3 is 10.4 Å². The van der Waals surface area contributed by atoms with Crippen LogP contribution in [-0.2, 0) is 18.8 Å². The summed E-state index contributed by atoms with van der Waals surface area (Å²) in [5.41, 5.74) is 0. The Morgan fingerprint density at radius 2 is 2.25 bits per heavy atom. The highest BCUT2D eigenvalue weighted by Crippen LogP contribution is 2.16. The summed E-state index contributed by atoms with van der Waals surface area (Å²) in [6.07, 6.45) is 0. The molecule has 1 saturated heterocycles.